The van der Waals surface area contributed by atoms with Crippen LogP contribution in [-0.4, -0.2) is 22.2 Å². The number of aromatic carboxylic acids is 1. The molecule has 0 radical (unpaired) electrons. The van der Waals surface area contributed by atoms with Crippen molar-refractivity contribution in [3.63, 3.8) is 0 Å². The SMILES string of the molecule is Cc1ccc(N=C2NC(=O)C(=Cc3ccc(C(=O)O)cc3)S2)c(C)c1. The maximum atomic E-state index is 12.1. The molecule has 2 N–H and O–H groups in total. The number of aryl methyl sites for hydroxylation is 2. The van der Waals surface area contributed by atoms with Gasteiger partial charge in [-0.3, -0.25) is 4.79 Å². The zero-order valence-electron chi connectivity index (χ0n) is 13.7. The Kier molecular flexibility index (Phi) is 4.72. The van der Waals surface area contributed by atoms with Gasteiger partial charge in [0.2, 0.25) is 0 Å². The summed E-state index contributed by atoms with van der Waals surface area (Å²) in [5, 5.41) is 12.2. The highest BCUT2D eigenvalue weighted by molar-refractivity contribution is 8.18. The number of carbonyl (C=O) groups is 2. The third-order valence-electron chi connectivity index (χ3n) is 3.68. The molecule has 0 unspecified atom stereocenters. The largest absolute Gasteiger partial charge is 0.478 e. The molecule has 1 amide bonds. The van der Waals surface area contributed by atoms with Crippen molar-refractivity contribution in [2.24, 2.45) is 4.99 Å². The predicted molar refractivity (Wildman–Crippen MR) is 100 cm³/mol. The van der Waals surface area contributed by atoms with Crippen LogP contribution in [0.1, 0.15) is 27.0 Å². The second kappa shape index (κ2) is 6.94. The van der Waals surface area contributed by atoms with Gasteiger partial charge in [-0.05, 0) is 61.0 Å². The average molecular weight is 352 g/mol. The van der Waals surface area contributed by atoms with Crippen molar-refractivity contribution in [1.29, 1.82) is 0 Å². The number of hydrogen-bond donors (Lipinski definition) is 2. The summed E-state index contributed by atoms with van der Waals surface area (Å²) in [5.41, 5.74) is 4.00. The Morgan fingerprint density at radius 1 is 1.16 bits per heavy atom. The number of carboxylic acids is 1. The van der Waals surface area contributed by atoms with Gasteiger partial charge in [-0.25, -0.2) is 9.79 Å². The second-order valence-corrected chi connectivity index (χ2v) is 6.73. The zero-order valence-corrected chi connectivity index (χ0v) is 14.6. The number of carbonyl (C=O) groups excluding carboxylic acids is 1. The lowest BCUT2D eigenvalue weighted by atomic mass is 10.1. The van der Waals surface area contributed by atoms with Crippen LogP contribution in [0, 0.1) is 13.8 Å². The van der Waals surface area contributed by atoms with Gasteiger partial charge in [0.15, 0.2) is 5.17 Å². The van der Waals surface area contributed by atoms with Gasteiger partial charge in [0.25, 0.3) is 5.91 Å². The van der Waals surface area contributed by atoms with Crippen molar-refractivity contribution in [3.05, 3.63) is 69.6 Å². The number of hydrogen-bond acceptors (Lipinski definition) is 4. The molecule has 3 rings (SSSR count). The van der Waals surface area contributed by atoms with Crippen LogP contribution >= 0.6 is 11.8 Å². The summed E-state index contributed by atoms with van der Waals surface area (Å²) in [6, 6.07) is 12.3. The Labute approximate surface area is 149 Å². The number of carboxylic acid groups (broad SMARTS) is 1. The monoisotopic (exact) mass is 352 g/mol. The van der Waals surface area contributed by atoms with Crippen LogP contribution in [0.3, 0.4) is 0 Å². The summed E-state index contributed by atoms with van der Waals surface area (Å²) in [6.07, 6.45) is 1.72. The second-order valence-electron chi connectivity index (χ2n) is 5.70. The minimum Gasteiger partial charge on any atom is -0.478 e. The minimum absolute atomic E-state index is 0.211. The summed E-state index contributed by atoms with van der Waals surface area (Å²) >= 11 is 1.27. The molecule has 1 aliphatic rings. The fourth-order valence-electron chi connectivity index (χ4n) is 2.39. The Morgan fingerprint density at radius 3 is 2.52 bits per heavy atom. The molecule has 0 atom stereocenters. The molecule has 0 saturated carbocycles. The Balaban J connectivity index is 1.82. The van der Waals surface area contributed by atoms with Crippen molar-refractivity contribution >= 4 is 40.6 Å². The van der Waals surface area contributed by atoms with E-state index < -0.39 is 5.97 Å². The quantitative estimate of drug-likeness (QED) is 0.821. The number of thioether (sulfide) groups is 1. The molecule has 1 saturated heterocycles. The molecule has 1 aliphatic heterocycles. The van der Waals surface area contributed by atoms with Gasteiger partial charge >= 0.3 is 5.97 Å². The topological polar surface area (TPSA) is 78.8 Å². The van der Waals surface area contributed by atoms with Gasteiger partial charge in [0.1, 0.15) is 0 Å². The third-order valence-corrected chi connectivity index (χ3v) is 4.59. The molecule has 1 heterocycles. The van der Waals surface area contributed by atoms with Gasteiger partial charge in [-0.1, -0.05) is 29.8 Å². The number of amides is 1. The maximum Gasteiger partial charge on any atom is 0.335 e. The van der Waals surface area contributed by atoms with E-state index in [2.05, 4.69) is 10.3 Å². The standard InChI is InChI=1S/C19H16N2O3S/c1-11-3-8-15(12(2)9-11)20-19-21-17(22)16(25-19)10-13-4-6-14(7-5-13)18(23)24/h3-10H,1-2H3,(H,23,24)(H,20,21,22). The number of amidine groups is 1. The molecule has 25 heavy (non-hydrogen) atoms. The molecule has 0 bridgehead atoms. The molecule has 0 aliphatic carbocycles. The van der Waals surface area contributed by atoms with E-state index in [4.69, 9.17) is 5.11 Å². The number of nitrogens with zero attached hydrogens (tertiary/aromatic N) is 1. The van der Waals surface area contributed by atoms with E-state index in [0.29, 0.717) is 10.1 Å². The third kappa shape index (κ3) is 3.97. The van der Waals surface area contributed by atoms with Crippen LogP contribution in [0.2, 0.25) is 0 Å². The van der Waals surface area contributed by atoms with E-state index in [1.807, 2.05) is 32.0 Å². The normalized spacial score (nSPS) is 17.1. The highest BCUT2D eigenvalue weighted by Crippen LogP contribution is 2.29. The van der Waals surface area contributed by atoms with Gasteiger partial charge in [0, 0.05) is 0 Å². The van der Waals surface area contributed by atoms with Gasteiger partial charge in [-0.15, -0.1) is 0 Å². The summed E-state index contributed by atoms with van der Waals surface area (Å²) in [6.45, 7) is 4.00. The summed E-state index contributed by atoms with van der Waals surface area (Å²) in [5.74, 6) is -1.19. The predicted octanol–water partition coefficient (Wildman–Crippen LogP) is 3.89. The lowest BCUT2D eigenvalue weighted by Crippen LogP contribution is -2.19. The van der Waals surface area contributed by atoms with Gasteiger partial charge in [0.05, 0.1) is 16.2 Å². The molecule has 0 aromatic heterocycles. The maximum absolute atomic E-state index is 12.1. The molecular weight excluding hydrogens is 336 g/mol. The molecule has 2 aromatic carbocycles. The van der Waals surface area contributed by atoms with Crippen LogP contribution in [-0.2, 0) is 4.79 Å². The van der Waals surface area contributed by atoms with Crippen molar-refractivity contribution < 1.29 is 14.7 Å². The molecular formula is C19H16N2O3S. The first kappa shape index (κ1) is 17.0. The van der Waals surface area contributed by atoms with E-state index in [1.54, 1.807) is 18.2 Å². The molecule has 0 spiro atoms. The number of aliphatic imine (C=N–C) groups is 1. The van der Waals surface area contributed by atoms with Crippen LogP contribution in [0.4, 0.5) is 5.69 Å². The molecule has 2 aromatic rings. The summed E-state index contributed by atoms with van der Waals surface area (Å²) in [7, 11) is 0. The van der Waals surface area contributed by atoms with Gasteiger partial charge < -0.3 is 10.4 Å². The first-order chi connectivity index (χ1) is 11.9. The fraction of sp³-hybridized carbons (Fsp3) is 0.105. The van der Waals surface area contributed by atoms with E-state index in [9.17, 15) is 9.59 Å². The van der Waals surface area contributed by atoms with Crippen molar-refractivity contribution in [2.75, 3.05) is 0 Å². The Morgan fingerprint density at radius 2 is 1.88 bits per heavy atom. The van der Waals surface area contributed by atoms with Crippen LogP contribution < -0.4 is 5.32 Å². The minimum atomic E-state index is -0.977. The zero-order chi connectivity index (χ0) is 18.0. The number of nitrogens with one attached hydrogen (secondary N) is 1. The van der Waals surface area contributed by atoms with E-state index in [1.165, 1.54) is 23.9 Å². The summed E-state index contributed by atoms with van der Waals surface area (Å²) in [4.78, 5) is 28.0. The highest BCUT2D eigenvalue weighted by atomic mass is 32.2. The smallest absolute Gasteiger partial charge is 0.335 e. The van der Waals surface area contributed by atoms with Crippen molar-refractivity contribution in [2.45, 2.75) is 13.8 Å². The van der Waals surface area contributed by atoms with Crippen LogP contribution in [0.5, 0.6) is 0 Å². The Hall–Kier alpha value is -2.86. The van der Waals surface area contributed by atoms with Gasteiger partial charge in [-0.2, -0.15) is 0 Å². The average Bonchev–Trinajstić information content (AvgIpc) is 2.90. The van der Waals surface area contributed by atoms with Crippen molar-refractivity contribution in [1.82, 2.24) is 5.32 Å². The van der Waals surface area contributed by atoms with Crippen molar-refractivity contribution in [3.8, 4) is 0 Å². The number of benzene rings is 2. The lowest BCUT2D eigenvalue weighted by Gasteiger charge is -2.02. The van der Waals surface area contributed by atoms with E-state index in [-0.39, 0.29) is 11.5 Å². The van der Waals surface area contributed by atoms with Crippen LogP contribution in [0.15, 0.2) is 52.4 Å². The fourth-order valence-corrected chi connectivity index (χ4v) is 3.23. The molecule has 126 valence electrons. The first-order valence-corrected chi connectivity index (χ1v) is 8.44. The van der Waals surface area contributed by atoms with Crippen LogP contribution in [0.25, 0.3) is 6.08 Å². The molecule has 6 heteroatoms. The highest BCUT2D eigenvalue weighted by Gasteiger charge is 2.24. The Bertz CT molecular complexity index is 915. The summed E-state index contributed by atoms with van der Waals surface area (Å²) < 4.78 is 0. The molecule has 1 fully saturated rings. The number of rotatable bonds is 3. The first-order valence-electron chi connectivity index (χ1n) is 7.62. The molecule has 5 nitrogen and oxygen atoms in total. The van der Waals surface area contributed by atoms with E-state index >= 15 is 0 Å². The van der Waals surface area contributed by atoms with E-state index in [0.717, 1.165) is 22.4 Å². The lowest BCUT2D eigenvalue weighted by molar-refractivity contribution is -0.115.